The molecule has 1 aromatic carbocycles. The number of hydrogen-bond acceptors (Lipinski definition) is 3. The van der Waals surface area contributed by atoms with E-state index in [0.717, 1.165) is 36.2 Å². The molecule has 0 saturated heterocycles. The van der Waals surface area contributed by atoms with Crippen LogP contribution in [0, 0.1) is 0 Å². The van der Waals surface area contributed by atoms with E-state index in [0.29, 0.717) is 12.5 Å². The number of pyridine rings is 1. The lowest BCUT2D eigenvalue weighted by Gasteiger charge is -2.08. The van der Waals surface area contributed by atoms with Crippen LogP contribution in [0.15, 0.2) is 41.4 Å². The number of nitrogens with zero attached hydrogens (tertiary/aromatic N) is 2. The van der Waals surface area contributed by atoms with Gasteiger partial charge in [0, 0.05) is 25.0 Å². The van der Waals surface area contributed by atoms with Gasteiger partial charge in [-0.25, -0.2) is 4.98 Å². The van der Waals surface area contributed by atoms with Gasteiger partial charge in [-0.15, -0.1) is 0 Å². The Labute approximate surface area is 119 Å². The number of nitrogens with two attached hydrogens (primary N) is 1. The SMILES string of the molecule is CCCN=C(N)NCCNc1ccc2ccccc2n1. The van der Waals surface area contributed by atoms with E-state index in [4.69, 9.17) is 5.73 Å². The third kappa shape index (κ3) is 4.12. The molecule has 0 fully saturated rings. The molecule has 0 aliphatic rings. The van der Waals surface area contributed by atoms with Gasteiger partial charge < -0.3 is 16.4 Å². The molecule has 4 N–H and O–H groups in total. The fraction of sp³-hybridized carbons (Fsp3) is 0.333. The summed E-state index contributed by atoms with van der Waals surface area (Å²) in [4.78, 5) is 8.71. The fourth-order valence-corrected chi connectivity index (χ4v) is 1.83. The zero-order chi connectivity index (χ0) is 14.2. The largest absolute Gasteiger partial charge is 0.370 e. The summed E-state index contributed by atoms with van der Waals surface area (Å²) in [6.07, 6.45) is 1.00. The number of aliphatic imine (C=N–C) groups is 1. The van der Waals surface area contributed by atoms with E-state index in [1.807, 2.05) is 24.3 Å². The number of aromatic nitrogens is 1. The number of fused-ring (bicyclic) bond motifs is 1. The summed E-state index contributed by atoms with van der Waals surface area (Å²) in [5.74, 6) is 1.37. The molecule has 0 spiro atoms. The zero-order valence-corrected chi connectivity index (χ0v) is 11.8. The number of hydrogen-bond donors (Lipinski definition) is 3. The molecule has 1 heterocycles. The summed E-state index contributed by atoms with van der Waals surface area (Å²) < 4.78 is 0. The van der Waals surface area contributed by atoms with Crippen LogP contribution in [-0.4, -0.2) is 30.6 Å². The van der Waals surface area contributed by atoms with E-state index in [1.54, 1.807) is 0 Å². The fourth-order valence-electron chi connectivity index (χ4n) is 1.83. The lowest BCUT2D eigenvalue weighted by Crippen LogP contribution is -2.35. The standard InChI is InChI=1S/C15H21N5/c1-2-9-18-15(16)19-11-10-17-14-8-7-12-5-3-4-6-13(12)20-14/h3-8H,2,9-11H2,1H3,(H,17,20)(H3,16,18,19). The van der Waals surface area contributed by atoms with Crippen molar-refractivity contribution < 1.29 is 0 Å². The van der Waals surface area contributed by atoms with Gasteiger partial charge in [-0.1, -0.05) is 25.1 Å². The van der Waals surface area contributed by atoms with Crippen LogP contribution >= 0.6 is 0 Å². The van der Waals surface area contributed by atoms with Gasteiger partial charge in [-0.05, 0) is 24.6 Å². The molecule has 0 saturated carbocycles. The third-order valence-electron chi connectivity index (χ3n) is 2.84. The second kappa shape index (κ2) is 7.33. The number of guanidine groups is 1. The first-order chi connectivity index (χ1) is 9.79. The molecule has 106 valence electrons. The van der Waals surface area contributed by atoms with E-state index in [1.165, 1.54) is 0 Å². The normalized spacial score (nSPS) is 11.6. The molecule has 2 rings (SSSR count). The van der Waals surface area contributed by atoms with Crippen molar-refractivity contribution in [1.29, 1.82) is 0 Å². The molecule has 2 aromatic rings. The van der Waals surface area contributed by atoms with Crippen molar-refractivity contribution >= 4 is 22.7 Å². The first-order valence-corrected chi connectivity index (χ1v) is 6.93. The second-order valence-corrected chi connectivity index (χ2v) is 4.51. The lowest BCUT2D eigenvalue weighted by atomic mass is 10.2. The monoisotopic (exact) mass is 271 g/mol. The highest BCUT2D eigenvalue weighted by Gasteiger charge is 1.97. The summed E-state index contributed by atoms with van der Waals surface area (Å²) in [6, 6.07) is 12.1. The van der Waals surface area contributed by atoms with Crippen LogP contribution in [0.5, 0.6) is 0 Å². The Morgan fingerprint density at radius 3 is 2.90 bits per heavy atom. The van der Waals surface area contributed by atoms with Gasteiger partial charge in [0.15, 0.2) is 5.96 Å². The predicted octanol–water partition coefficient (Wildman–Crippen LogP) is 1.96. The number of benzene rings is 1. The molecule has 0 aliphatic carbocycles. The Kier molecular flexibility index (Phi) is 5.17. The van der Waals surface area contributed by atoms with Crippen molar-refractivity contribution in [2.45, 2.75) is 13.3 Å². The van der Waals surface area contributed by atoms with Crippen LogP contribution in [0.4, 0.5) is 5.82 Å². The van der Waals surface area contributed by atoms with Crippen LogP contribution in [0.3, 0.4) is 0 Å². The minimum Gasteiger partial charge on any atom is -0.370 e. The summed E-state index contributed by atoms with van der Waals surface area (Å²) in [6.45, 7) is 4.30. The van der Waals surface area contributed by atoms with Crippen LogP contribution in [0.25, 0.3) is 10.9 Å². The smallest absolute Gasteiger partial charge is 0.188 e. The van der Waals surface area contributed by atoms with Gasteiger partial charge >= 0.3 is 0 Å². The van der Waals surface area contributed by atoms with Crippen LogP contribution in [-0.2, 0) is 0 Å². The highest BCUT2D eigenvalue weighted by Crippen LogP contribution is 2.13. The molecule has 20 heavy (non-hydrogen) atoms. The van der Waals surface area contributed by atoms with E-state index in [2.05, 4.69) is 39.7 Å². The van der Waals surface area contributed by atoms with Crippen molar-refractivity contribution in [3.05, 3.63) is 36.4 Å². The topological polar surface area (TPSA) is 75.3 Å². The minimum absolute atomic E-state index is 0.500. The minimum atomic E-state index is 0.500. The molecule has 0 aliphatic heterocycles. The summed E-state index contributed by atoms with van der Waals surface area (Å²) in [5, 5.41) is 7.47. The number of anilines is 1. The summed E-state index contributed by atoms with van der Waals surface area (Å²) in [5.41, 5.74) is 6.70. The zero-order valence-electron chi connectivity index (χ0n) is 11.8. The Balaban J connectivity index is 1.81. The average molecular weight is 271 g/mol. The molecular weight excluding hydrogens is 250 g/mol. The number of nitrogens with one attached hydrogen (secondary N) is 2. The van der Waals surface area contributed by atoms with Gasteiger partial charge in [0.1, 0.15) is 5.82 Å². The second-order valence-electron chi connectivity index (χ2n) is 4.51. The Morgan fingerprint density at radius 1 is 1.20 bits per heavy atom. The maximum Gasteiger partial charge on any atom is 0.188 e. The van der Waals surface area contributed by atoms with E-state index >= 15 is 0 Å². The molecule has 0 atom stereocenters. The van der Waals surface area contributed by atoms with E-state index in [-0.39, 0.29) is 0 Å². The van der Waals surface area contributed by atoms with Crippen LogP contribution in [0.2, 0.25) is 0 Å². The molecular formula is C15H21N5. The van der Waals surface area contributed by atoms with Crippen molar-refractivity contribution in [2.75, 3.05) is 25.0 Å². The van der Waals surface area contributed by atoms with Gasteiger partial charge in [0.2, 0.25) is 0 Å². The molecule has 0 unspecified atom stereocenters. The maximum atomic E-state index is 5.71. The highest BCUT2D eigenvalue weighted by atomic mass is 15.1. The van der Waals surface area contributed by atoms with Crippen molar-refractivity contribution in [2.24, 2.45) is 10.7 Å². The number of rotatable bonds is 6. The lowest BCUT2D eigenvalue weighted by molar-refractivity contribution is 0.864. The van der Waals surface area contributed by atoms with Crippen molar-refractivity contribution in [3.8, 4) is 0 Å². The number of para-hydroxylation sites is 1. The molecule has 1 aromatic heterocycles. The average Bonchev–Trinajstić information content (AvgIpc) is 2.49. The quantitative estimate of drug-likeness (QED) is 0.426. The maximum absolute atomic E-state index is 5.71. The first kappa shape index (κ1) is 14.1. The predicted molar refractivity (Wildman–Crippen MR) is 85.0 cm³/mol. The highest BCUT2D eigenvalue weighted by molar-refractivity contribution is 5.80. The van der Waals surface area contributed by atoms with Gasteiger partial charge in [0.25, 0.3) is 0 Å². The Morgan fingerprint density at radius 2 is 2.05 bits per heavy atom. The summed E-state index contributed by atoms with van der Waals surface area (Å²) in [7, 11) is 0. The Bertz CT molecular complexity index is 579. The molecule has 0 bridgehead atoms. The van der Waals surface area contributed by atoms with Gasteiger partial charge in [-0.2, -0.15) is 0 Å². The van der Waals surface area contributed by atoms with Crippen LogP contribution < -0.4 is 16.4 Å². The molecule has 0 radical (unpaired) electrons. The Hall–Kier alpha value is -2.30. The van der Waals surface area contributed by atoms with Gasteiger partial charge in [0.05, 0.1) is 5.52 Å². The molecule has 5 nitrogen and oxygen atoms in total. The summed E-state index contributed by atoms with van der Waals surface area (Å²) >= 11 is 0. The molecule has 5 heteroatoms. The van der Waals surface area contributed by atoms with Crippen LogP contribution in [0.1, 0.15) is 13.3 Å². The first-order valence-electron chi connectivity index (χ1n) is 6.93. The van der Waals surface area contributed by atoms with E-state index in [9.17, 15) is 0 Å². The van der Waals surface area contributed by atoms with E-state index < -0.39 is 0 Å². The van der Waals surface area contributed by atoms with Crippen molar-refractivity contribution in [3.63, 3.8) is 0 Å². The van der Waals surface area contributed by atoms with Gasteiger partial charge in [-0.3, -0.25) is 4.99 Å². The molecule has 0 amide bonds. The van der Waals surface area contributed by atoms with Crippen molar-refractivity contribution in [1.82, 2.24) is 10.3 Å². The third-order valence-corrected chi connectivity index (χ3v) is 2.84.